The third kappa shape index (κ3) is 4.47. The van der Waals surface area contributed by atoms with Gasteiger partial charge in [-0.3, -0.25) is 9.59 Å². The number of nitrogens with zero attached hydrogens (tertiary/aromatic N) is 1. The number of anilines is 1. The van der Waals surface area contributed by atoms with Crippen LogP contribution >= 0.6 is 0 Å². The lowest BCUT2D eigenvalue weighted by Gasteiger charge is -2.16. The van der Waals surface area contributed by atoms with Crippen LogP contribution in [0.5, 0.6) is 0 Å². The first-order valence-electron chi connectivity index (χ1n) is 8.74. The molecule has 0 bridgehead atoms. The van der Waals surface area contributed by atoms with Gasteiger partial charge in [0.1, 0.15) is 0 Å². The fourth-order valence-electron chi connectivity index (χ4n) is 3.14. The molecule has 2 heterocycles. The van der Waals surface area contributed by atoms with Crippen molar-refractivity contribution in [2.75, 3.05) is 38.1 Å². The van der Waals surface area contributed by atoms with E-state index in [4.69, 9.17) is 4.74 Å². The number of rotatable bonds is 6. The maximum absolute atomic E-state index is 12.4. The van der Waals surface area contributed by atoms with Gasteiger partial charge in [0.25, 0.3) is 5.91 Å². The average molecular weight is 331 g/mol. The third-order valence-corrected chi connectivity index (χ3v) is 4.51. The zero-order valence-electron chi connectivity index (χ0n) is 13.9. The minimum atomic E-state index is -0.0678. The smallest absolute Gasteiger partial charge is 0.253 e. The zero-order valence-corrected chi connectivity index (χ0v) is 13.9. The van der Waals surface area contributed by atoms with Gasteiger partial charge in [0.2, 0.25) is 5.91 Å². The van der Waals surface area contributed by atoms with Gasteiger partial charge >= 0.3 is 0 Å². The van der Waals surface area contributed by atoms with Crippen LogP contribution in [0.1, 0.15) is 36.0 Å². The van der Waals surface area contributed by atoms with Crippen LogP contribution in [0.2, 0.25) is 0 Å². The second-order valence-electron chi connectivity index (χ2n) is 6.37. The van der Waals surface area contributed by atoms with Crippen LogP contribution in [0.15, 0.2) is 24.3 Å². The van der Waals surface area contributed by atoms with E-state index in [1.165, 1.54) is 0 Å². The average Bonchev–Trinajstić information content (AvgIpc) is 3.31. The monoisotopic (exact) mass is 331 g/mol. The van der Waals surface area contributed by atoms with Crippen LogP contribution in [0.25, 0.3) is 0 Å². The van der Waals surface area contributed by atoms with E-state index in [-0.39, 0.29) is 24.5 Å². The fourth-order valence-corrected chi connectivity index (χ4v) is 3.14. The molecule has 0 saturated carbocycles. The van der Waals surface area contributed by atoms with Gasteiger partial charge in [-0.1, -0.05) is 6.07 Å². The molecule has 2 fully saturated rings. The number of hydrogen-bond donors (Lipinski definition) is 2. The summed E-state index contributed by atoms with van der Waals surface area (Å²) in [5.74, 6) is 0.000700. The quantitative estimate of drug-likeness (QED) is 0.831. The zero-order chi connectivity index (χ0) is 16.8. The molecular formula is C18H25N3O3. The summed E-state index contributed by atoms with van der Waals surface area (Å²) in [4.78, 5) is 26.2. The second-order valence-corrected chi connectivity index (χ2v) is 6.37. The van der Waals surface area contributed by atoms with Crippen LogP contribution < -0.4 is 10.6 Å². The predicted octanol–water partition coefficient (Wildman–Crippen LogP) is 1.63. The maximum atomic E-state index is 12.4. The van der Waals surface area contributed by atoms with Gasteiger partial charge in [0.15, 0.2) is 0 Å². The number of amides is 2. The van der Waals surface area contributed by atoms with Crippen molar-refractivity contribution in [1.29, 1.82) is 0 Å². The first kappa shape index (κ1) is 16.8. The number of carbonyl (C=O) groups excluding carboxylic acids is 2. The lowest BCUT2D eigenvalue weighted by atomic mass is 10.1. The summed E-state index contributed by atoms with van der Waals surface area (Å²) in [6.07, 6.45) is 4.38. The Kier molecular flexibility index (Phi) is 5.69. The largest absolute Gasteiger partial charge is 0.376 e. The summed E-state index contributed by atoms with van der Waals surface area (Å²) in [6.45, 7) is 3.21. The minimum absolute atomic E-state index is 0.0678. The van der Waals surface area contributed by atoms with Crippen molar-refractivity contribution in [3.8, 4) is 0 Å². The molecule has 2 aliphatic heterocycles. The van der Waals surface area contributed by atoms with Crippen LogP contribution in [-0.4, -0.2) is 55.6 Å². The highest BCUT2D eigenvalue weighted by Gasteiger charge is 2.19. The molecule has 3 rings (SSSR count). The van der Waals surface area contributed by atoms with Crippen LogP contribution in [-0.2, 0) is 9.53 Å². The van der Waals surface area contributed by atoms with Crippen molar-refractivity contribution in [3.63, 3.8) is 0 Å². The Balaban J connectivity index is 1.47. The highest BCUT2D eigenvalue weighted by Crippen LogP contribution is 2.16. The lowest BCUT2D eigenvalue weighted by Crippen LogP contribution is -2.35. The van der Waals surface area contributed by atoms with E-state index in [2.05, 4.69) is 10.6 Å². The standard InChI is InChI=1S/C18H25N3O3/c22-17(20-12-16-7-4-10-24-16)13-19-15-6-3-5-14(11-15)18(23)21-8-1-2-9-21/h3,5-6,11,16,19H,1-2,4,7-10,12-13H2,(H,20,22). The number of likely N-dealkylation sites (tertiary alicyclic amines) is 1. The highest BCUT2D eigenvalue weighted by atomic mass is 16.5. The van der Waals surface area contributed by atoms with Crippen molar-refractivity contribution in [1.82, 2.24) is 10.2 Å². The number of benzene rings is 1. The molecule has 2 aliphatic rings. The van der Waals surface area contributed by atoms with Gasteiger partial charge in [-0.25, -0.2) is 0 Å². The topological polar surface area (TPSA) is 70.7 Å². The van der Waals surface area contributed by atoms with Crippen molar-refractivity contribution in [3.05, 3.63) is 29.8 Å². The predicted molar refractivity (Wildman–Crippen MR) is 92.1 cm³/mol. The van der Waals surface area contributed by atoms with Crippen molar-refractivity contribution < 1.29 is 14.3 Å². The molecule has 0 spiro atoms. The van der Waals surface area contributed by atoms with Crippen molar-refractivity contribution in [2.24, 2.45) is 0 Å². The Morgan fingerprint density at radius 2 is 2.04 bits per heavy atom. The van der Waals surface area contributed by atoms with Crippen molar-refractivity contribution >= 4 is 17.5 Å². The van der Waals surface area contributed by atoms with Crippen LogP contribution in [0.4, 0.5) is 5.69 Å². The first-order chi connectivity index (χ1) is 11.7. The summed E-state index contributed by atoms with van der Waals surface area (Å²) in [5, 5.41) is 5.96. The van der Waals surface area contributed by atoms with E-state index < -0.39 is 0 Å². The number of hydrogen-bond acceptors (Lipinski definition) is 4. The van der Waals surface area contributed by atoms with Crippen molar-refractivity contribution in [2.45, 2.75) is 31.8 Å². The molecule has 0 aromatic heterocycles. The normalized spacial score (nSPS) is 20.2. The Hall–Kier alpha value is -2.08. The van der Waals surface area contributed by atoms with E-state index in [9.17, 15) is 9.59 Å². The third-order valence-electron chi connectivity index (χ3n) is 4.51. The van der Waals surface area contributed by atoms with Gasteiger partial charge < -0.3 is 20.3 Å². The summed E-state index contributed by atoms with van der Waals surface area (Å²) in [6, 6.07) is 7.35. The summed E-state index contributed by atoms with van der Waals surface area (Å²) in [7, 11) is 0. The molecule has 130 valence electrons. The van der Waals surface area contributed by atoms with Crippen LogP contribution in [0, 0.1) is 0 Å². The van der Waals surface area contributed by atoms with E-state index >= 15 is 0 Å². The van der Waals surface area contributed by atoms with E-state index in [1.54, 1.807) is 0 Å². The SMILES string of the molecule is O=C(CNc1cccc(C(=O)N2CCCC2)c1)NCC1CCCO1. The molecule has 2 saturated heterocycles. The summed E-state index contributed by atoms with van der Waals surface area (Å²) < 4.78 is 5.48. The van der Waals surface area contributed by atoms with Crippen LogP contribution in [0.3, 0.4) is 0 Å². The Morgan fingerprint density at radius 1 is 1.21 bits per heavy atom. The molecule has 0 radical (unpaired) electrons. The number of ether oxygens (including phenoxy) is 1. The number of carbonyl (C=O) groups is 2. The number of nitrogens with one attached hydrogen (secondary N) is 2. The minimum Gasteiger partial charge on any atom is -0.376 e. The lowest BCUT2D eigenvalue weighted by molar-refractivity contribution is -0.119. The fraction of sp³-hybridized carbons (Fsp3) is 0.556. The molecule has 0 aliphatic carbocycles. The molecule has 6 heteroatoms. The molecule has 2 amide bonds. The first-order valence-corrected chi connectivity index (χ1v) is 8.74. The Labute approximate surface area is 142 Å². The molecule has 1 aromatic rings. The summed E-state index contributed by atoms with van der Waals surface area (Å²) >= 11 is 0. The molecule has 2 N–H and O–H groups in total. The molecule has 1 unspecified atom stereocenters. The molecular weight excluding hydrogens is 306 g/mol. The highest BCUT2D eigenvalue weighted by molar-refractivity contribution is 5.95. The van der Waals surface area contributed by atoms with E-state index in [1.807, 2.05) is 29.2 Å². The maximum Gasteiger partial charge on any atom is 0.253 e. The molecule has 6 nitrogen and oxygen atoms in total. The van der Waals surface area contributed by atoms with Gasteiger partial charge in [-0.2, -0.15) is 0 Å². The summed E-state index contributed by atoms with van der Waals surface area (Å²) in [5.41, 5.74) is 1.45. The molecule has 1 aromatic carbocycles. The Bertz CT molecular complexity index is 579. The second kappa shape index (κ2) is 8.15. The Morgan fingerprint density at radius 3 is 2.79 bits per heavy atom. The van der Waals surface area contributed by atoms with E-state index in [0.717, 1.165) is 51.1 Å². The molecule has 1 atom stereocenters. The van der Waals surface area contributed by atoms with Gasteiger partial charge in [-0.15, -0.1) is 0 Å². The molecule has 24 heavy (non-hydrogen) atoms. The van der Waals surface area contributed by atoms with Gasteiger partial charge in [0, 0.05) is 37.5 Å². The van der Waals surface area contributed by atoms with Gasteiger partial charge in [0.05, 0.1) is 12.6 Å². The van der Waals surface area contributed by atoms with E-state index in [0.29, 0.717) is 12.1 Å². The van der Waals surface area contributed by atoms with Gasteiger partial charge in [-0.05, 0) is 43.9 Å².